The second-order valence-corrected chi connectivity index (χ2v) is 6.55. The number of carbonyl (C=O) groups is 1. The lowest BCUT2D eigenvalue weighted by molar-refractivity contribution is -0.0428. The van der Waals surface area contributed by atoms with E-state index in [2.05, 4.69) is 4.98 Å². The van der Waals surface area contributed by atoms with Crippen LogP contribution < -0.4 is 11.2 Å². The lowest BCUT2D eigenvalue weighted by Gasteiger charge is -2.17. The number of ether oxygens (including phenoxy) is 2. The van der Waals surface area contributed by atoms with Crippen molar-refractivity contribution in [2.45, 2.75) is 19.3 Å². The van der Waals surface area contributed by atoms with E-state index in [0.717, 1.165) is 11.1 Å². The Bertz CT molecular complexity index is 1130. The minimum Gasteiger partial charge on any atom is -0.459 e. The van der Waals surface area contributed by atoms with Gasteiger partial charge in [0.05, 0.1) is 5.56 Å². The molecular weight excluding hydrogens is 360 g/mol. The second kappa shape index (κ2) is 7.28. The number of aromatic amines is 1. The first-order valence-electron chi connectivity index (χ1n) is 8.83. The quantitative estimate of drug-likeness (QED) is 0.704. The van der Waals surface area contributed by atoms with E-state index in [-0.39, 0.29) is 6.61 Å². The fourth-order valence-corrected chi connectivity index (χ4v) is 3.24. The summed E-state index contributed by atoms with van der Waals surface area (Å²) in [5, 5.41) is 0. The van der Waals surface area contributed by atoms with Crippen molar-refractivity contribution < 1.29 is 14.3 Å². The molecule has 7 heteroatoms. The lowest BCUT2D eigenvalue weighted by atomic mass is 10.0. The Morgan fingerprint density at radius 2 is 1.75 bits per heavy atom. The average molecular weight is 378 g/mol. The van der Waals surface area contributed by atoms with Gasteiger partial charge in [0, 0.05) is 17.3 Å². The van der Waals surface area contributed by atoms with E-state index in [9.17, 15) is 14.4 Å². The first kappa shape index (κ1) is 17.9. The van der Waals surface area contributed by atoms with Gasteiger partial charge in [-0.3, -0.25) is 14.3 Å². The van der Waals surface area contributed by atoms with Crippen LogP contribution in [0.4, 0.5) is 0 Å². The number of carbonyl (C=O) groups excluding carboxylic acids is 1. The molecule has 0 fully saturated rings. The van der Waals surface area contributed by atoms with Gasteiger partial charge in [0.15, 0.2) is 6.23 Å². The molecule has 0 bridgehead atoms. The van der Waals surface area contributed by atoms with Crippen molar-refractivity contribution in [1.82, 2.24) is 9.55 Å². The van der Waals surface area contributed by atoms with Crippen LogP contribution in [0.1, 0.15) is 39.4 Å². The molecule has 0 spiro atoms. The maximum Gasteiger partial charge on any atom is 0.338 e. The summed E-state index contributed by atoms with van der Waals surface area (Å²) in [6, 6.07) is 16.1. The number of hydrogen-bond donors (Lipinski definition) is 1. The summed E-state index contributed by atoms with van der Waals surface area (Å²) in [6.45, 7) is 1.63. The van der Waals surface area contributed by atoms with Crippen molar-refractivity contribution in [3.63, 3.8) is 0 Å². The highest BCUT2D eigenvalue weighted by Crippen LogP contribution is 2.39. The van der Waals surface area contributed by atoms with Gasteiger partial charge in [-0.15, -0.1) is 0 Å². The molecule has 3 aromatic rings. The zero-order valence-corrected chi connectivity index (χ0v) is 15.1. The zero-order chi connectivity index (χ0) is 19.7. The normalized spacial score (nSPS) is 17.9. The van der Waals surface area contributed by atoms with Crippen LogP contribution in [0.2, 0.25) is 0 Å². The third-order valence-corrected chi connectivity index (χ3v) is 4.68. The summed E-state index contributed by atoms with van der Waals surface area (Å²) in [5.74, 6) is -0.442. The minimum absolute atomic E-state index is 0.0122. The fourth-order valence-electron chi connectivity index (χ4n) is 3.24. The number of hydrogen-bond acceptors (Lipinski definition) is 5. The number of benzene rings is 2. The molecule has 0 aliphatic carbocycles. The Labute approximate surface area is 160 Å². The monoisotopic (exact) mass is 378 g/mol. The van der Waals surface area contributed by atoms with Gasteiger partial charge < -0.3 is 9.47 Å². The van der Waals surface area contributed by atoms with E-state index in [1.165, 1.54) is 10.8 Å². The van der Waals surface area contributed by atoms with E-state index < -0.39 is 29.6 Å². The van der Waals surface area contributed by atoms with Crippen LogP contribution >= 0.6 is 0 Å². The number of nitrogens with one attached hydrogen (secondary N) is 1. The van der Waals surface area contributed by atoms with Crippen LogP contribution in [-0.2, 0) is 9.47 Å². The van der Waals surface area contributed by atoms with E-state index in [0.29, 0.717) is 11.1 Å². The number of aromatic nitrogens is 2. The van der Waals surface area contributed by atoms with Gasteiger partial charge in [-0.25, -0.2) is 9.59 Å². The van der Waals surface area contributed by atoms with Crippen molar-refractivity contribution in [2.24, 2.45) is 0 Å². The summed E-state index contributed by atoms with van der Waals surface area (Å²) >= 11 is 0. The summed E-state index contributed by atoms with van der Waals surface area (Å²) in [5.41, 5.74) is 1.50. The van der Waals surface area contributed by atoms with Crippen LogP contribution in [0.3, 0.4) is 0 Å². The van der Waals surface area contributed by atoms with Crippen molar-refractivity contribution in [3.8, 4) is 0 Å². The Morgan fingerprint density at radius 3 is 2.50 bits per heavy atom. The van der Waals surface area contributed by atoms with Gasteiger partial charge in [-0.1, -0.05) is 42.5 Å². The molecule has 2 heterocycles. The van der Waals surface area contributed by atoms with Crippen LogP contribution in [0.25, 0.3) is 0 Å². The maximum absolute atomic E-state index is 12.3. The molecule has 2 aromatic carbocycles. The SMILES string of the molecule is Cc1cn([C@H]2O[C@H](COC(=O)c3ccccc3)c3ccccc32)c(=O)[nH]c1=O. The maximum atomic E-state index is 12.3. The van der Waals surface area contributed by atoms with Gasteiger partial charge >= 0.3 is 11.7 Å². The molecular formula is C21H18N2O5. The Balaban J connectivity index is 1.60. The minimum atomic E-state index is -0.709. The van der Waals surface area contributed by atoms with Gasteiger partial charge in [0.1, 0.15) is 12.7 Å². The van der Waals surface area contributed by atoms with E-state index in [4.69, 9.17) is 9.47 Å². The predicted molar refractivity (Wildman–Crippen MR) is 101 cm³/mol. The van der Waals surface area contributed by atoms with Crippen LogP contribution in [-0.4, -0.2) is 22.1 Å². The van der Waals surface area contributed by atoms with E-state index >= 15 is 0 Å². The van der Waals surface area contributed by atoms with Crippen molar-refractivity contribution >= 4 is 5.97 Å². The third kappa shape index (κ3) is 3.27. The summed E-state index contributed by atoms with van der Waals surface area (Å²) < 4.78 is 12.8. The molecule has 0 amide bonds. The molecule has 0 radical (unpaired) electrons. The van der Waals surface area contributed by atoms with Crippen molar-refractivity contribution in [1.29, 1.82) is 0 Å². The molecule has 142 valence electrons. The highest BCUT2D eigenvalue weighted by molar-refractivity contribution is 5.89. The van der Waals surface area contributed by atoms with Crippen molar-refractivity contribution in [3.05, 3.63) is 104 Å². The lowest BCUT2D eigenvalue weighted by Crippen LogP contribution is -2.33. The van der Waals surface area contributed by atoms with Gasteiger partial charge in [0.25, 0.3) is 5.56 Å². The number of H-pyrrole nitrogens is 1. The fraction of sp³-hybridized carbons (Fsp3) is 0.190. The zero-order valence-electron chi connectivity index (χ0n) is 15.1. The van der Waals surface area contributed by atoms with Crippen LogP contribution in [0.5, 0.6) is 0 Å². The van der Waals surface area contributed by atoms with E-state index in [1.807, 2.05) is 30.3 Å². The van der Waals surface area contributed by atoms with Crippen LogP contribution in [0.15, 0.2) is 70.4 Å². The molecule has 28 heavy (non-hydrogen) atoms. The van der Waals surface area contributed by atoms with E-state index in [1.54, 1.807) is 31.2 Å². The van der Waals surface area contributed by atoms with Crippen LogP contribution in [0, 0.1) is 6.92 Å². The molecule has 0 unspecified atom stereocenters. The number of fused-ring (bicyclic) bond motifs is 1. The Morgan fingerprint density at radius 1 is 1.07 bits per heavy atom. The molecule has 1 aliphatic rings. The molecule has 1 aliphatic heterocycles. The first-order valence-corrected chi connectivity index (χ1v) is 8.83. The molecule has 1 aromatic heterocycles. The summed E-state index contributed by atoms with van der Waals surface area (Å²) in [6.07, 6.45) is 0.244. The highest BCUT2D eigenvalue weighted by atomic mass is 16.6. The highest BCUT2D eigenvalue weighted by Gasteiger charge is 2.34. The van der Waals surface area contributed by atoms with Gasteiger partial charge in [-0.2, -0.15) is 0 Å². The Hall–Kier alpha value is -3.45. The third-order valence-electron chi connectivity index (χ3n) is 4.68. The summed E-state index contributed by atoms with van der Waals surface area (Å²) in [7, 11) is 0. The number of rotatable bonds is 4. The molecule has 0 saturated heterocycles. The topological polar surface area (TPSA) is 90.4 Å². The molecule has 2 atom stereocenters. The molecule has 4 rings (SSSR count). The standard InChI is InChI=1S/C21H18N2O5/c1-13-11-23(21(26)22-18(13)24)19-16-10-6-5-9-15(16)17(28-19)12-27-20(25)14-7-3-2-4-8-14/h2-11,17,19H,12H2,1H3,(H,22,24,26)/t17-,19+/m1/s1. The van der Waals surface area contributed by atoms with Gasteiger partial charge in [0.2, 0.25) is 0 Å². The second-order valence-electron chi connectivity index (χ2n) is 6.55. The largest absolute Gasteiger partial charge is 0.459 e. The molecule has 0 saturated carbocycles. The first-order chi connectivity index (χ1) is 13.5. The number of aryl methyl sites for hydroxylation is 1. The molecule has 1 N–H and O–H groups in total. The predicted octanol–water partition coefficient (Wildman–Crippen LogP) is 2.32. The average Bonchev–Trinajstić information content (AvgIpc) is 3.08. The Kier molecular flexibility index (Phi) is 4.67. The molecule has 7 nitrogen and oxygen atoms in total. The van der Waals surface area contributed by atoms with Crippen molar-refractivity contribution in [2.75, 3.05) is 6.61 Å². The summed E-state index contributed by atoms with van der Waals surface area (Å²) in [4.78, 5) is 38.5. The van der Waals surface area contributed by atoms with Gasteiger partial charge in [-0.05, 0) is 24.6 Å². The number of nitrogens with zero attached hydrogens (tertiary/aromatic N) is 1. The number of esters is 1. The smallest absolute Gasteiger partial charge is 0.338 e.